The van der Waals surface area contributed by atoms with E-state index in [1.54, 1.807) is 0 Å². The molecule has 0 atom stereocenters. The largest absolute Gasteiger partial charge is 0.481 e. The van der Waals surface area contributed by atoms with Gasteiger partial charge in [-0.05, 0) is 14.1 Å². The minimum atomic E-state index is -0.737. The molecule has 0 aromatic rings. The molecule has 0 unspecified atom stereocenters. The number of carbonyl (C=O) groups is 1. The van der Waals surface area contributed by atoms with Crippen molar-refractivity contribution in [2.75, 3.05) is 20.6 Å². The van der Waals surface area contributed by atoms with E-state index in [0.29, 0.717) is 6.54 Å². The van der Waals surface area contributed by atoms with Crippen LogP contribution in [0.2, 0.25) is 0 Å². The van der Waals surface area contributed by atoms with E-state index in [1.807, 2.05) is 19.0 Å². The zero-order valence-electron chi connectivity index (χ0n) is 5.22. The van der Waals surface area contributed by atoms with Gasteiger partial charge in [0.15, 0.2) is 0 Å². The molecule has 0 saturated heterocycles. The molecule has 3 nitrogen and oxygen atoms in total. The summed E-state index contributed by atoms with van der Waals surface area (Å²) in [5.41, 5.74) is 0. The van der Waals surface area contributed by atoms with Gasteiger partial charge >= 0.3 is 5.97 Å². The van der Waals surface area contributed by atoms with E-state index in [0.717, 1.165) is 0 Å². The van der Waals surface area contributed by atoms with E-state index in [-0.39, 0.29) is 6.42 Å². The molecule has 0 aliphatic carbocycles. The van der Waals surface area contributed by atoms with Crippen LogP contribution in [0.3, 0.4) is 0 Å². The molecule has 0 bridgehead atoms. The lowest BCUT2D eigenvalue weighted by atomic mass is 10.4. The molecule has 1 N–H and O–H groups in total. The lowest BCUT2D eigenvalue weighted by Crippen LogP contribution is -2.15. The molecule has 0 heterocycles. The molecule has 0 rings (SSSR count). The van der Waals surface area contributed by atoms with Crippen LogP contribution in [-0.2, 0) is 4.79 Å². The lowest BCUT2D eigenvalue weighted by molar-refractivity contribution is -0.137. The molecule has 3 heteroatoms. The molecule has 0 aromatic carbocycles. The number of hydrogen-bond acceptors (Lipinski definition) is 2. The average molecular weight is 118 g/mol. The van der Waals surface area contributed by atoms with E-state index in [2.05, 4.69) is 0 Å². The van der Waals surface area contributed by atoms with E-state index in [9.17, 15) is 4.79 Å². The van der Waals surface area contributed by atoms with Crippen LogP contribution in [0.4, 0.5) is 0 Å². The Kier molecular flexibility index (Phi) is 3.19. The van der Waals surface area contributed by atoms with Crippen LogP contribution in [0.5, 0.6) is 0 Å². The first-order chi connectivity index (χ1) is 3.63. The molecule has 0 aliphatic heterocycles. The summed E-state index contributed by atoms with van der Waals surface area (Å²) in [6.45, 7) is 0.620. The molecule has 8 heavy (non-hydrogen) atoms. The summed E-state index contributed by atoms with van der Waals surface area (Å²) >= 11 is 0. The zero-order valence-corrected chi connectivity index (χ0v) is 5.22. The normalized spacial score (nSPS) is 9.88. The first kappa shape index (κ1) is 7.43. The summed E-state index contributed by atoms with van der Waals surface area (Å²) in [6, 6.07) is 0. The van der Waals surface area contributed by atoms with Crippen molar-refractivity contribution in [3.63, 3.8) is 0 Å². The van der Waals surface area contributed by atoms with Crippen molar-refractivity contribution in [2.45, 2.75) is 6.42 Å². The van der Waals surface area contributed by atoms with E-state index in [4.69, 9.17) is 5.11 Å². The van der Waals surface area contributed by atoms with Crippen molar-refractivity contribution in [1.29, 1.82) is 0 Å². The summed E-state index contributed by atoms with van der Waals surface area (Å²) in [5.74, 6) is -0.737. The molecular formula is C5H11NO2. The Balaban J connectivity index is 3.05. The summed E-state index contributed by atoms with van der Waals surface area (Å²) in [4.78, 5) is 11.7. The van der Waals surface area contributed by atoms with Gasteiger partial charge in [-0.3, -0.25) is 4.79 Å². The highest BCUT2D eigenvalue weighted by Gasteiger charge is 1.95. The van der Waals surface area contributed by atoms with Crippen molar-refractivity contribution < 1.29 is 9.90 Å². The number of carboxylic acids is 1. The van der Waals surface area contributed by atoms with E-state index < -0.39 is 5.97 Å². The monoisotopic (exact) mass is 118 g/mol. The third kappa shape index (κ3) is 5.43. The van der Waals surface area contributed by atoms with Gasteiger partial charge < -0.3 is 10.0 Å². The molecule has 0 saturated carbocycles. The fraction of sp³-hybridized carbons (Fsp3) is 0.800. The topological polar surface area (TPSA) is 40.5 Å². The van der Waals surface area contributed by atoms with Crippen LogP contribution < -0.4 is 0 Å². The maximum atomic E-state index is 9.88. The highest BCUT2D eigenvalue weighted by atomic mass is 16.4. The Labute approximate surface area is 48.9 Å². The smallest absolute Gasteiger partial charge is 0.304 e. The van der Waals surface area contributed by atoms with Crippen LogP contribution in [0.15, 0.2) is 0 Å². The molecule has 0 amide bonds. The van der Waals surface area contributed by atoms with Gasteiger partial charge in [0, 0.05) is 6.54 Å². The van der Waals surface area contributed by atoms with Crippen LogP contribution in [0, 0.1) is 0 Å². The van der Waals surface area contributed by atoms with Crippen molar-refractivity contribution in [1.82, 2.24) is 4.90 Å². The van der Waals surface area contributed by atoms with Gasteiger partial charge in [-0.1, -0.05) is 0 Å². The molecule has 0 fully saturated rings. The van der Waals surface area contributed by atoms with Gasteiger partial charge in [-0.15, -0.1) is 0 Å². The second-order valence-electron chi connectivity index (χ2n) is 1.95. The van der Waals surface area contributed by atoms with Gasteiger partial charge in [-0.2, -0.15) is 0 Å². The van der Waals surface area contributed by atoms with Crippen molar-refractivity contribution in [2.24, 2.45) is 0 Å². The first-order valence-corrected chi connectivity index (χ1v) is 2.49. The summed E-state index contributed by atoms with van der Waals surface area (Å²) < 4.78 is 0. The Bertz CT molecular complexity index is 80.5. The fourth-order valence-corrected chi connectivity index (χ4v) is 0.319. The number of carboxylic acid groups (broad SMARTS) is 1. The minimum Gasteiger partial charge on any atom is -0.481 e. The Hall–Kier alpha value is -0.570. The van der Waals surface area contributed by atoms with Gasteiger partial charge in [0.1, 0.15) is 0 Å². The third-order valence-electron chi connectivity index (χ3n) is 0.773. The molecule has 0 aromatic heterocycles. The molecule has 0 radical (unpaired) electrons. The SMILES string of the molecule is CN([13CH3])CCC(=O)O. The minimum absolute atomic E-state index is 0.229. The predicted molar refractivity (Wildman–Crippen MR) is 30.8 cm³/mol. The van der Waals surface area contributed by atoms with Gasteiger partial charge in [-0.25, -0.2) is 0 Å². The average Bonchev–Trinajstić information content (AvgIpc) is 1.61. The van der Waals surface area contributed by atoms with Crippen LogP contribution in [0.25, 0.3) is 0 Å². The quantitative estimate of drug-likeness (QED) is 0.531. The number of hydrogen-bond donors (Lipinski definition) is 1. The molecule has 48 valence electrons. The van der Waals surface area contributed by atoms with Crippen LogP contribution in [-0.4, -0.2) is 36.6 Å². The lowest BCUT2D eigenvalue weighted by Gasteiger charge is -2.04. The van der Waals surface area contributed by atoms with Crippen LogP contribution >= 0.6 is 0 Å². The number of nitrogens with zero attached hydrogens (tertiary/aromatic N) is 1. The molecular weight excluding hydrogens is 107 g/mol. The summed E-state index contributed by atoms with van der Waals surface area (Å²) in [5, 5.41) is 8.14. The number of aliphatic carboxylic acids is 1. The maximum absolute atomic E-state index is 9.88. The van der Waals surface area contributed by atoms with Gasteiger partial charge in [0.05, 0.1) is 6.42 Å². The molecule has 0 spiro atoms. The van der Waals surface area contributed by atoms with Crippen LogP contribution in [0.1, 0.15) is 6.42 Å². The second-order valence-corrected chi connectivity index (χ2v) is 1.95. The Morgan fingerprint density at radius 2 is 2.12 bits per heavy atom. The zero-order chi connectivity index (χ0) is 6.57. The standard InChI is InChI=1S/C5H11NO2/c1-6(2)4-3-5(7)8/h3-4H2,1-2H3,(H,7,8)/i1+1. The predicted octanol–water partition coefficient (Wildman–Crippen LogP) is 0.0227. The first-order valence-electron chi connectivity index (χ1n) is 2.49. The third-order valence-corrected chi connectivity index (χ3v) is 0.773. The Morgan fingerprint density at radius 1 is 1.62 bits per heavy atom. The van der Waals surface area contributed by atoms with Crippen molar-refractivity contribution in [3.8, 4) is 0 Å². The summed E-state index contributed by atoms with van der Waals surface area (Å²) in [7, 11) is 3.70. The second kappa shape index (κ2) is 3.43. The number of rotatable bonds is 3. The Morgan fingerprint density at radius 3 is 2.25 bits per heavy atom. The fourth-order valence-electron chi connectivity index (χ4n) is 0.319. The highest BCUT2D eigenvalue weighted by Crippen LogP contribution is 1.80. The highest BCUT2D eigenvalue weighted by molar-refractivity contribution is 5.66. The summed E-state index contributed by atoms with van der Waals surface area (Å²) in [6.07, 6.45) is 0.229. The van der Waals surface area contributed by atoms with E-state index in [1.165, 1.54) is 0 Å². The van der Waals surface area contributed by atoms with Crippen molar-refractivity contribution >= 4 is 5.97 Å². The van der Waals surface area contributed by atoms with E-state index >= 15 is 0 Å². The van der Waals surface area contributed by atoms with Gasteiger partial charge in [0.2, 0.25) is 0 Å². The van der Waals surface area contributed by atoms with Gasteiger partial charge in [0.25, 0.3) is 0 Å². The molecule has 0 aliphatic rings. The maximum Gasteiger partial charge on any atom is 0.304 e. The van der Waals surface area contributed by atoms with Crippen molar-refractivity contribution in [3.05, 3.63) is 0 Å².